The number of benzene rings is 1. The molecule has 0 radical (unpaired) electrons. The molecule has 0 aliphatic heterocycles. The highest BCUT2D eigenvalue weighted by molar-refractivity contribution is 7.89. The Balaban J connectivity index is 0.00000578. The van der Waals surface area contributed by atoms with E-state index in [-0.39, 0.29) is 30.3 Å². The Kier molecular flexibility index (Phi) is 13.5. The zero-order chi connectivity index (χ0) is 24.1. The third kappa shape index (κ3) is 11.1. The van der Waals surface area contributed by atoms with Crippen molar-refractivity contribution in [1.29, 1.82) is 0 Å². The molecule has 1 atom stereocenters. The first-order chi connectivity index (χ1) is 15.8. The molecule has 0 fully saturated rings. The van der Waals surface area contributed by atoms with Crippen LogP contribution in [-0.2, 0) is 19.6 Å². The fraction of sp³-hybridized carbons (Fsp3) is 0.409. The van der Waals surface area contributed by atoms with Gasteiger partial charge in [-0.05, 0) is 49.2 Å². The van der Waals surface area contributed by atoms with E-state index in [0.717, 1.165) is 19.3 Å². The van der Waals surface area contributed by atoms with Crippen LogP contribution in [-0.4, -0.2) is 49.6 Å². The summed E-state index contributed by atoms with van der Waals surface area (Å²) in [5.41, 5.74) is 0. The first-order valence-electron chi connectivity index (χ1n) is 10.6. The minimum Gasteiger partial charge on any atom is -0.490 e. The normalized spacial score (nSPS) is 11.8. The van der Waals surface area contributed by atoms with E-state index in [1.165, 1.54) is 30.5 Å². The standard InChI is InChI=1S/C22H28ClN3O6S.ClH/c23-17-9-11-19(12-10-17)33(30,31)26-20(16-32-18-7-6-13-24-15-18)22(29)25-14-5-3-1-2-4-8-21(27)28;/h6-7,9-13,15,20,26H,1-5,8,14,16H2,(H,25,29)(H,27,28);1H/t20-;/m0./s1. The van der Waals surface area contributed by atoms with Gasteiger partial charge in [0.25, 0.3) is 0 Å². The lowest BCUT2D eigenvalue weighted by atomic mass is 10.1. The molecule has 2 aromatic rings. The summed E-state index contributed by atoms with van der Waals surface area (Å²) >= 11 is 5.83. The second-order valence-corrected chi connectivity index (χ2v) is 9.48. The van der Waals surface area contributed by atoms with Crippen LogP contribution in [0.1, 0.15) is 38.5 Å². The summed E-state index contributed by atoms with van der Waals surface area (Å²) in [7, 11) is -3.99. The van der Waals surface area contributed by atoms with Crippen molar-refractivity contribution in [2.45, 2.75) is 49.5 Å². The Morgan fingerprint density at radius 2 is 1.74 bits per heavy atom. The Labute approximate surface area is 210 Å². The number of carboxylic acids is 1. The van der Waals surface area contributed by atoms with Crippen molar-refractivity contribution in [2.24, 2.45) is 0 Å². The van der Waals surface area contributed by atoms with Crippen LogP contribution in [0.4, 0.5) is 0 Å². The lowest BCUT2D eigenvalue weighted by Gasteiger charge is -2.19. The van der Waals surface area contributed by atoms with Gasteiger partial charge in [-0.25, -0.2) is 8.42 Å². The second kappa shape index (κ2) is 15.5. The summed E-state index contributed by atoms with van der Waals surface area (Å²) in [5, 5.41) is 11.8. The van der Waals surface area contributed by atoms with Gasteiger partial charge >= 0.3 is 5.97 Å². The topological polar surface area (TPSA) is 135 Å². The number of ether oxygens (including phenoxy) is 1. The van der Waals surface area contributed by atoms with Gasteiger partial charge < -0.3 is 15.2 Å². The summed E-state index contributed by atoms with van der Waals surface area (Å²) in [5.74, 6) is -0.910. The molecule has 1 amide bonds. The average molecular weight is 534 g/mol. The monoisotopic (exact) mass is 533 g/mol. The van der Waals surface area contributed by atoms with Crippen LogP contribution < -0.4 is 14.8 Å². The number of carboxylic acid groups (broad SMARTS) is 1. The number of carbonyl (C=O) groups is 2. The smallest absolute Gasteiger partial charge is 0.303 e. The van der Waals surface area contributed by atoms with Crippen molar-refractivity contribution in [2.75, 3.05) is 13.2 Å². The van der Waals surface area contributed by atoms with Gasteiger partial charge in [0.2, 0.25) is 15.9 Å². The molecule has 0 aliphatic carbocycles. The Morgan fingerprint density at radius 1 is 1.06 bits per heavy atom. The summed E-state index contributed by atoms with van der Waals surface area (Å²) in [4.78, 5) is 27.1. The Morgan fingerprint density at radius 3 is 2.38 bits per heavy atom. The summed E-state index contributed by atoms with van der Waals surface area (Å²) in [6.07, 6.45) is 7.01. The molecular formula is C22H29Cl2N3O6S. The molecule has 1 aromatic heterocycles. The largest absolute Gasteiger partial charge is 0.490 e. The van der Waals surface area contributed by atoms with E-state index in [4.69, 9.17) is 21.4 Å². The van der Waals surface area contributed by atoms with Crippen LogP contribution in [0.3, 0.4) is 0 Å². The highest BCUT2D eigenvalue weighted by Gasteiger charge is 2.26. The van der Waals surface area contributed by atoms with Crippen LogP contribution in [0, 0.1) is 0 Å². The maximum atomic E-state index is 12.8. The summed E-state index contributed by atoms with van der Waals surface area (Å²) in [6.45, 7) is 0.142. The highest BCUT2D eigenvalue weighted by Crippen LogP contribution is 2.15. The number of aromatic nitrogens is 1. The van der Waals surface area contributed by atoms with Gasteiger partial charge in [-0.1, -0.05) is 30.9 Å². The highest BCUT2D eigenvalue weighted by atomic mass is 35.5. The zero-order valence-electron chi connectivity index (χ0n) is 18.5. The van der Waals surface area contributed by atoms with Gasteiger partial charge in [0, 0.05) is 24.2 Å². The van der Waals surface area contributed by atoms with Crippen molar-refractivity contribution in [3.05, 3.63) is 53.8 Å². The molecule has 2 rings (SSSR count). The minimum absolute atomic E-state index is 0. The number of nitrogens with zero attached hydrogens (tertiary/aromatic N) is 1. The van der Waals surface area contributed by atoms with Gasteiger partial charge in [0.1, 0.15) is 18.4 Å². The number of aliphatic carboxylic acids is 1. The zero-order valence-corrected chi connectivity index (χ0v) is 20.9. The van der Waals surface area contributed by atoms with Crippen molar-refractivity contribution >= 4 is 45.9 Å². The number of hydrogen-bond donors (Lipinski definition) is 3. The maximum Gasteiger partial charge on any atom is 0.303 e. The molecule has 0 saturated heterocycles. The van der Waals surface area contributed by atoms with E-state index >= 15 is 0 Å². The summed E-state index contributed by atoms with van der Waals surface area (Å²) in [6, 6.07) is 7.76. The minimum atomic E-state index is -3.99. The quantitative estimate of drug-likeness (QED) is 0.298. The molecule has 0 aliphatic rings. The molecule has 0 spiro atoms. The van der Waals surface area contributed by atoms with Gasteiger partial charge in [0.15, 0.2) is 0 Å². The lowest BCUT2D eigenvalue weighted by Crippen LogP contribution is -2.50. The van der Waals surface area contributed by atoms with Crippen molar-refractivity contribution in [3.8, 4) is 5.75 Å². The maximum absolute atomic E-state index is 12.8. The third-order valence-corrected chi connectivity index (χ3v) is 6.40. The number of amides is 1. The average Bonchev–Trinajstić information content (AvgIpc) is 2.79. The molecule has 0 unspecified atom stereocenters. The number of sulfonamides is 1. The van der Waals surface area contributed by atoms with Gasteiger partial charge in [0.05, 0.1) is 11.1 Å². The third-order valence-electron chi connectivity index (χ3n) is 4.66. The molecule has 9 nitrogen and oxygen atoms in total. The SMILES string of the molecule is Cl.O=C(O)CCCCCCCNC(=O)[C@H](COc1cccnc1)NS(=O)(=O)c1ccc(Cl)cc1. The number of rotatable bonds is 15. The van der Waals surface area contributed by atoms with Crippen LogP contribution >= 0.6 is 24.0 Å². The molecule has 0 bridgehead atoms. The van der Waals surface area contributed by atoms with Gasteiger partial charge in [-0.3, -0.25) is 14.6 Å². The van der Waals surface area contributed by atoms with E-state index < -0.39 is 27.9 Å². The fourth-order valence-electron chi connectivity index (χ4n) is 2.91. The van der Waals surface area contributed by atoms with Gasteiger partial charge in [-0.15, -0.1) is 12.4 Å². The predicted octanol–water partition coefficient (Wildman–Crippen LogP) is 3.42. The van der Waals surface area contributed by atoms with E-state index in [9.17, 15) is 18.0 Å². The van der Waals surface area contributed by atoms with Crippen LogP contribution in [0.2, 0.25) is 5.02 Å². The molecule has 0 saturated carbocycles. The van der Waals surface area contributed by atoms with Gasteiger partial charge in [-0.2, -0.15) is 4.72 Å². The number of pyridine rings is 1. The molecule has 12 heteroatoms. The summed E-state index contributed by atoms with van der Waals surface area (Å²) < 4.78 is 33.5. The predicted molar refractivity (Wildman–Crippen MR) is 131 cm³/mol. The Hall–Kier alpha value is -2.40. The number of carbonyl (C=O) groups excluding carboxylic acids is 1. The van der Waals surface area contributed by atoms with Crippen molar-refractivity contribution in [3.63, 3.8) is 0 Å². The number of hydrogen-bond acceptors (Lipinski definition) is 6. The number of nitrogens with one attached hydrogen (secondary N) is 2. The van der Waals surface area contributed by atoms with Crippen LogP contribution in [0.15, 0.2) is 53.7 Å². The number of unbranched alkanes of at least 4 members (excludes halogenated alkanes) is 4. The van der Waals surface area contributed by atoms with Crippen molar-refractivity contribution in [1.82, 2.24) is 15.0 Å². The molecule has 1 heterocycles. The first kappa shape index (κ1) is 29.6. The van der Waals surface area contributed by atoms with Crippen molar-refractivity contribution < 1.29 is 27.9 Å². The van der Waals surface area contributed by atoms with E-state index in [0.29, 0.717) is 30.2 Å². The van der Waals surface area contributed by atoms with Crippen LogP contribution in [0.5, 0.6) is 5.75 Å². The molecular weight excluding hydrogens is 505 g/mol. The molecule has 188 valence electrons. The van der Waals surface area contributed by atoms with E-state index in [2.05, 4.69) is 15.0 Å². The first-order valence-corrected chi connectivity index (χ1v) is 12.4. The molecule has 34 heavy (non-hydrogen) atoms. The number of halogens is 2. The molecule has 3 N–H and O–H groups in total. The molecule has 1 aromatic carbocycles. The fourth-order valence-corrected chi connectivity index (χ4v) is 4.22. The van der Waals surface area contributed by atoms with E-state index in [1.54, 1.807) is 18.3 Å². The lowest BCUT2D eigenvalue weighted by molar-refractivity contribution is -0.137. The van der Waals surface area contributed by atoms with E-state index in [1.807, 2.05) is 0 Å². The van der Waals surface area contributed by atoms with Crippen LogP contribution in [0.25, 0.3) is 0 Å². The second-order valence-electron chi connectivity index (χ2n) is 7.33. The Bertz CT molecular complexity index is 991.